The molecule has 2 aliphatic carbocycles. The molecule has 3 N–H and O–H groups in total. The lowest BCUT2D eigenvalue weighted by Gasteiger charge is -2.37. The largest absolute Gasteiger partial charge is 0.444 e. The number of carbonyl (C=O) groups excluding carboxylic acids is 4. The Morgan fingerprint density at radius 3 is 2.40 bits per heavy atom. The summed E-state index contributed by atoms with van der Waals surface area (Å²) in [5.41, 5.74) is 0.221. The van der Waals surface area contributed by atoms with Crippen molar-refractivity contribution in [1.82, 2.24) is 25.8 Å². The highest BCUT2D eigenvalue weighted by atomic mass is 16.6. The van der Waals surface area contributed by atoms with Gasteiger partial charge in [0, 0.05) is 31.9 Å². The van der Waals surface area contributed by atoms with Gasteiger partial charge in [0.05, 0.1) is 12.0 Å². The molecular weight excluding hydrogens is 534 g/mol. The SMILES string of the molecule is CC.C[C@@H](C(=O)NC(C(=O)N1CCC2NC[C@H](C(=O)NC3=CC=CCC3)C21)C1CCCCC1)N(C)C(=O)OC(C)(C)C. The molecule has 10 heteroatoms. The lowest BCUT2D eigenvalue weighted by atomic mass is 9.83. The Labute approximate surface area is 252 Å². The second kappa shape index (κ2) is 15.0. The minimum Gasteiger partial charge on any atom is -0.444 e. The molecule has 3 fully saturated rings. The number of hydrogen-bond acceptors (Lipinski definition) is 6. The molecule has 4 rings (SSSR count). The van der Waals surface area contributed by atoms with E-state index < -0.39 is 23.8 Å². The van der Waals surface area contributed by atoms with Gasteiger partial charge in [0.2, 0.25) is 17.7 Å². The molecule has 2 aliphatic heterocycles. The predicted octanol–water partition coefficient (Wildman–Crippen LogP) is 3.87. The van der Waals surface area contributed by atoms with Crippen LogP contribution in [0.15, 0.2) is 23.9 Å². The van der Waals surface area contributed by atoms with Gasteiger partial charge < -0.3 is 25.6 Å². The van der Waals surface area contributed by atoms with Crippen LogP contribution in [0.4, 0.5) is 4.79 Å². The number of carbonyl (C=O) groups is 4. The van der Waals surface area contributed by atoms with Crippen LogP contribution in [0.25, 0.3) is 0 Å². The number of fused-ring (bicyclic) bond motifs is 1. The van der Waals surface area contributed by atoms with Crippen LogP contribution in [0.1, 0.15) is 92.9 Å². The second-order valence-electron chi connectivity index (χ2n) is 12.7. The zero-order valence-corrected chi connectivity index (χ0v) is 26.7. The van der Waals surface area contributed by atoms with E-state index in [0.29, 0.717) is 13.1 Å². The van der Waals surface area contributed by atoms with Crippen LogP contribution in [-0.4, -0.2) is 83.5 Å². The van der Waals surface area contributed by atoms with E-state index in [0.717, 1.165) is 57.1 Å². The molecule has 10 nitrogen and oxygen atoms in total. The summed E-state index contributed by atoms with van der Waals surface area (Å²) < 4.78 is 5.44. The number of ether oxygens (including phenoxy) is 1. The Balaban J connectivity index is 0.00000237. The van der Waals surface area contributed by atoms with Crippen LogP contribution in [0, 0.1) is 11.8 Å². The summed E-state index contributed by atoms with van der Waals surface area (Å²) in [7, 11) is 1.53. The molecule has 2 heterocycles. The van der Waals surface area contributed by atoms with Crippen molar-refractivity contribution < 1.29 is 23.9 Å². The minimum atomic E-state index is -0.815. The average Bonchev–Trinajstić information content (AvgIpc) is 3.58. The molecule has 0 aromatic heterocycles. The van der Waals surface area contributed by atoms with Gasteiger partial charge in [-0.15, -0.1) is 0 Å². The van der Waals surface area contributed by atoms with Crippen LogP contribution >= 0.6 is 0 Å². The Morgan fingerprint density at radius 1 is 1.10 bits per heavy atom. The van der Waals surface area contributed by atoms with Crippen LogP contribution in [0.2, 0.25) is 0 Å². The molecule has 0 aromatic carbocycles. The summed E-state index contributed by atoms with van der Waals surface area (Å²) in [6.45, 7) is 12.0. The van der Waals surface area contributed by atoms with E-state index in [1.807, 2.05) is 30.9 Å². The first-order valence-electron chi connectivity index (χ1n) is 15.9. The first-order chi connectivity index (χ1) is 20.0. The number of hydrogen-bond donors (Lipinski definition) is 3. The molecule has 236 valence electrons. The van der Waals surface area contributed by atoms with E-state index in [4.69, 9.17) is 4.74 Å². The smallest absolute Gasteiger partial charge is 0.410 e. The zero-order chi connectivity index (χ0) is 31.0. The third-order valence-electron chi connectivity index (χ3n) is 8.71. The summed E-state index contributed by atoms with van der Waals surface area (Å²) in [6.07, 6.45) is 12.7. The van der Waals surface area contributed by atoms with Gasteiger partial charge in [0.1, 0.15) is 17.7 Å². The van der Waals surface area contributed by atoms with Crippen LogP contribution in [0.3, 0.4) is 0 Å². The molecule has 1 saturated carbocycles. The molecule has 0 aromatic rings. The highest BCUT2D eigenvalue weighted by Crippen LogP contribution is 2.34. The predicted molar refractivity (Wildman–Crippen MR) is 163 cm³/mol. The van der Waals surface area contributed by atoms with E-state index in [1.54, 1.807) is 27.7 Å². The van der Waals surface area contributed by atoms with E-state index >= 15 is 0 Å². The lowest BCUT2D eigenvalue weighted by Crippen LogP contribution is -2.59. The topological polar surface area (TPSA) is 120 Å². The third kappa shape index (κ3) is 8.36. The van der Waals surface area contributed by atoms with Gasteiger partial charge in [0.25, 0.3) is 0 Å². The fourth-order valence-electron chi connectivity index (χ4n) is 6.37. The van der Waals surface area contributed by atoms with E-state index in [1.165, 1.54) is 11.9 Å². The highest BCUT2D eigenvalue weighted by molar-refractivity contribution is 5.92. The van der Waals surface area contributed by atoms with Gasteiger partial charge in [-0.3, -0.25) is 19.3 Å². The van der Waals surface area contributed by atoms with E-state index in [9.17, 15) is 19.2 Å². The van der Waals surface area contributed by atoms with Crippen molar-refractivity contribution in [3.05, 3.63) is 23.9 Å². The van der Waals surface area contributed by atoms with Gasteiger partial charge in [0.15, 0.2) is 0 Å². The van der Waals surface area contributed by atoms with Crippen LogP contribution in [0.5, 0.6) is 0 Å². The molecule has 42 heavy (non-hydrogen) atoms. The molecule has 4 aliphatic rings. The number of rotatable bonds is 7. The number of allylic oxidation sites excluding steroid dienone is 4. The summed E-state index contributed by atoms with van der Waals surface area (Å²) in [5, 5.41) is 9.58. The standard InChI is InChI=1S/C30H47N5O5.C2H6/c1-19(34(5)29(39)40-30(2,3)4)26(36)33-24(20-12-8-6-9-13-20)28(38)35-17-16-23-25(35)22(18-31-23)27(37)32-21-14-10-7-11-15-21;1-2/h7,10,14,19-20,22-25,31H,6,8-9,11-13,15-18H2,1-5H3,(H,32,37)(H,33,36);1-2H3/t19-,22-,23?,24?,25?;/m0./s1. The highest BCUT2D eigenvalue weighted by Gasteiger charge is 2.50. The quantitative estimate of drug-likeness (QED) is 0.416. The van der Waals surface area contributed by atoms with Gasteiger partial charge in [-0.2, -0.15) is 0 Å². The fourth-order valence-corrected chi connectivity index (χ4v) is 6.37. The Kier molecular flexibility index (Phi) is 12.0. The van der Waals surface area contributed by atoms with E-state index in [-0.39, 0.29) is 41.6 Å². The van der Waals surface area contributed by atoms with Crippen molar-refractivity contribution >= 4 is 23.8 Å². The Hall–Kier alpha value is -2.88. The van der Waals surface area contributed by atoms with Crippen molar-refractivity contribution in [2.75, 3.05) is 20.1 Å². The summed E-state index contributed by atoms with van der Waals surface area (Å²) in [5.74, 6) is -0.912. The second-order valence-corrected chi connectivity index (χ2v) is 12.7. The zero-order valence-electron chi connectivity index (χ0n) is 26.7. The number of nitrogens with one attached hydrogen (secondary N) is 3. The van der Waals surface area contributed by atoms with Crippen molar-refractivity contribution in [3.8, 4) is 0 Å². The molecular formula is C32H53N5O5. The molecule has 0 spiro atoms. The number of likely N-dealkylation sites (N-methyl/N-ethyl adjacent to an activating group) is 1. The van der Waals surface area contributed by atoms with E-state index in [2.05, 4.69) is 22.0 Å². The van der Waals surface area contributed by atoms with Crippen molar-refractivity contribution in [2.24, 2.45) is 11.8 Å². The van der Waals surface area contributed by atoms with Gasteiger partial charge in [-0.25, -0.2) is 4.79 Å². The third-order valence-corrected chi connectivity index (χ3v) is 8.71. The molecule has 2 saturated heterocycles. The fraction of sp³-hybridized carbons (Fsp3) is 0.750. The first kappa shape index (κ1) is 33.6. The summed E-state index contributed by atoms with van der Waals surface area (Å²) >= 11 is 0. The monoisotopic (exact) mass is 587 g/mol. The number of likely N-dealkylation sites (tertiary alicyclic amines) is 1. The van der Waals surface area contributed by atoms with Crippen LogP contribution in [-0.2, 0) is 19.1 Å². The molecule has 0 bridgehead atoms. The van der Waals surface area contributed by atoms with Gasteiger partial charge in [-0.05, 0) is 71.8 Å². The van der Waals surface area contributed by atoms with Crippen molar-refractivity contribution in [1.29, 1.82) is 0 Å². The molecule has 4 amide bonds. The van der Waals surface area contributed by atoms with Gasteiger partial charge >= 0.3 is 6.09 Å². The maximum atomic E-state index is 14.2. The van der Waals surface area contributed by atoms with Crippen LogP contribution < -0.4 is 16.0 Å². The van der Waals surface area contributed by atoms with Crippen molar-refractivity contribution in [3.63, 3.8) is 0 Å². The summed E-state index contributed by atoms with van der Waals surface area (Å²) in [4.78, 5) is 56.7. The minimum absolute atomic E-state index is 0.0177. The average molecular weight is 588 g/mol. The molecule has 0 radical (unpaired) electrons. The summed E-state index contributed by atoms with van der Waals surface area (Å²) in [6, 6.07) is -1.71. The molecule has 3 unspecified atom stereocenters. The maximum absolute atomic E-state index is 14.2. The number of amides is 4. The Bertz CT molecular complexity index is 1030. The normalized spacial score (nSPS) is 25.3. The number of nitrogens with zero attached hydrogens (tertiary/aromatic N) is 2. The van der Waals surface area contributed by atoms with Gasteiger partial charge in [-0.1, -0.05) is 45.3 Å². The first-order valence-corrected chi connectivity index (χ1v) is 15.9. The maximum Gasteiger partial charge on any atom is 0.410 e. The lowest BCUT2D eigenvalue weighted by molar-refractivity contribution is -0.141. The Morgan fingerprint density at radius 2 is 1.79 bits per heavy atom. The van der Waals surface area contributed by atoms with Crippen molar-refractivity contribution in [2.45, 2.75) is 123 Å². The molecule has 5 atom stereocenters.